The molecule has 0 atom stereocenters. The second kappa shape index (κ2) is 12.8. The van der Waals surface area contributed by atoms with Gasteiger partial charge in [0, 0.05) is 22.7 Å². The summed E-state index contributed by atoms with van der Waals surface area (Å²) in [4.78, 5) is 4.93. The van der Waals surface area contributed by atoms with Crippen LogP contribution < -0.4 is 0 Å². The first kappa shape index (κ1) is 29.3. The number of pyridine rings is 1. The van der Waals surface area contributed by atoms with Crippen LogP contribution >= 0.6 is 0 Å². The summed E-state index contributed by atoms with van der Waals surface area (Å²) >= 11 is 0. The van der Waals surface area contributed by atoms with Crippen LogP contribution in [0.2, 0.25) is 0 Å². The summed E-state index contributed by atoms with van der Waals surface area (Å²) in [5.41, 5.74) is 12.3. The topological polar surface area (TPSA) is 12.9 Å². The Bertz CT molecular complexity index is 1410. The highest BCUT2D eigenvalue weighted by Crippen LogP contribution is 2.55. The van der Waals surface area contributed by atoms with E-state index in [4.69, 9.17) is 4.98 Å². The van der Waals surface area contributed by atoms with Crippen molar-refractivity contribution in [3.05, 3.63) is 102 Å². The summed E-state index contributed by atoms with van der Waals surface area (Å²) < 4.78 is 0. The van der Waals surface area contributed by atoms with E-state index in [1.807, 2.05) is 0 Å². The lowest BCUT2D eigenvalue weighted by Crippen LogP contribution is -2.25. The van der Waals surface area contributed by atoms with E-state index in [1.54, 1.807) is 11.1 Å². The van der Waals surface area contributed by atoms with Crippen molar-refractivity contribution in [1.29, 1.82) is 0 Å². The van der Waals surface area contributed by atoms with E-state index in [-0.39, 0.29) is 10.8 Å². The van der Waals surface area contributed by atoms with Crippen LogP contribution in [0.25, 0.3) is 33.5 Å². The number of hydrogen-bond acceptors (Lipinski definition) is 1. The Kier molecular flexibility index (Phi) is 9.12. The zero-order chi connectivity index (χ0) is 28.9. The van der Waals surface area contributed by atoms with E-state index < -0.39 is 0 Å². The van der Waals surface area contributed by atoms with Gasteiger partial charge in [-0.1, -0.05) is 153 Å². The second-order valence-electron chi connectivity index (χ2n) is 13.3. The molecule has 41 heavy (non-hydrogen) atoms. The quantitative estimate of drug-likeness (QED) is 0.162. The molecule has 0 N–H and O–H groups in total. The fourth-order valence-electron chi connectivity index (χ4n) is 6.88. The van der Waals surface area contributed by atoms with Gasteiger partial charge in [0.2, 0.25) is 0 Å². The smallest absolute Gasteiger partial charge is 0.0702 e. The second-order valence-corrected chi connectivity index (χ2v) is 13.3. The zero-order valence-electron chi connectivity index (χ0n) is 26.1. The molecule has 0 spiro atoms. The number of aromatic nitrogens is 1. The standard InChI is InChI=1S/C40H49N/c1-6-8-10-14-26-40(27-15-11-9-7-2)36-17-13-12-16-34(36)35-24-20-31(28-37(35)40)32-21-25-38(41-29-32)30-18-22-33(23-19-30)39(3,4)5/h12-13,16-25,28-29H,6-11,14-15,26-27H2,1-5H3. The van der Waals surface area contributed by atoms with E-state index in [0.29, 0.717) is 0 Å². The number of rotatable bonds is 12. The highest BCUT2D eigenvalue weighted by molar-refractivity contribution is 5.84. The maximum atomic E-state index is 4.93. The fraction of sp³-hybridized carbons (Fsp3) is 0.425. The van der Waals surface area contributed by atoms with Crippen LogP contribution in [0.4, 0.5) is 0 Å². The van der Waals surface area contributed by atoms with Gasteiger partial charge in [-0.05, 0) is 63.8 Å². The SMILES string of the molecule is CCCCCCC1(CCCCCC)c2ccccc2-c2ccc(-c3ccc(-c4ccc(C(C)(C)C)cc4)nc3)cc21. The van der Waals surface area contributed by atoms with Crippen molar-refractivity contribution < 1.29 is 0 Å². The molecule has 1 nitrogen and oxygen atoms in total. The third-order valence-electron chi connectivity index (χ3n) is 9.33. The summed E-state index contributed by atoms with van der Waals surface area (Å²) in [5.74, 6) is 0. The Hall–Kier alpha value is -3.19. The van der Waals surface area contributed by atoms with E-state index >= 15 is 0 Å². The predicted molar refractivity (Wildman–Crippen MR) is 178 cm³/mol. The Morgan fingerprint density at radius 1 is 0.585 bits per heavy atom. The van der Waals surface area contributed by atoms with Crippen molar-refractivity contribution in [3.8, 4) is 33.5 Å². The molecule has 0 saturated heterocycles. The lowest BCUT2D eigenvalue weighted by molar-refractivity contribution is 0.401. The van der Waals surface area contributed by atoms with Crippen LogP contribution in [0.1, 0.15) is 116 Å². The number of unbranched alkanes of at least 4 members (excludes halogenated alkanes) is 6. The molecule has 0 unspecified atom stereocenters. The maximum Gasteiger partial charge on any atom is 0.0702 e. The molecule has 0 amide bonds. The van der Waals surface area contributed by atoms with Gasteiger partial charge in [-0.3, -0.25) is 4.98 Å². The summed E-state index contributed by atoms with van der Waals surface area (Å²) in [7, 11) is 0. The van der Waals surface area contributed by atoms with Crippen molar-refractivity contribution in [3.63, 3.8) is 0 Å². The van der Waals surface area contributed by atoms with Gasteiger partial charge in [0.25, 0.3) is 0 Å². The van der Waals surface area contributed by atoms with Crippen molar-refractivity contribution in [2.75, 3.05) is 0 Å². The fourth-order valence-corrected chi connectivity index (χ4v) is 6.88. The molecular weight excluding hydrogens is 494 g/mol. The molecule has 0 bridgehead atoms. The molecule has 0 radical (unpaired) electrons. The summed E-state index contributed by atoms with van der Waals surface area (Å²) in [6, 6.07) is 29.8. The summed E-state index contributed by atoms with van der Waals surface area (Å²) in [6.45, 7) is 11.4. The van der Waals surface area contributed by atoms with Gasteiger partial charge < -0.3 is 0 Å². The minimum atomic E-state index is 0.117. The maximum absolute atomic E-state index is 4.93. The molecule has 1 heteroatoms. The highest BCUT2D eigenvalue weighted by Gasteiger charge is 2.42. The predicted octanol–water partition coefficient (Wildman–Crippen LogP) is 11.9. The van der Waals surface area contributed by atoms with Crippen LogP contribution in [0, 0.1) is 0 Å². The molecule has 0 fully saturated rings. The highest BCUT2D eigenvalue weighted by atomic mass is 14.7. The number of nitrogens with zero attached hydrogens (tertiary/aromatic N) is 1. The van der Waals surface area contributed by atoms with Crippen LogP contribution in [0.3, 0.4) is 0 Å². The minimum Gasteiger partial charge on any atom is -0.256 e. The van der Waals surface area contributed by atoms with Crippen LogP contribution in [-0.4, -0.2) is 4.98 Å². The molecular formula is C40H49N. The van der Waals surface area contributed by atoms with Crippen molar-refractivity contribution in [1.82, 2.24) is 4.98 Å². The third-order valence-corrected chi connectivity index (χ3v) is 9.33. The minimum absolute atomic E-state index is 0.117. The summed E-state index contributed by atoms with van der Waals surface area (Å²) in [5, 5.41) is 0. The van der Waals surface area contributed by atoms with E-state index in [9.17, 15) is 0 Å². The molecule has 214 valence electrons. The average Bonchev–Trinajstić information content (AvgIpc) is 3.26. The summed E-state index contributed by atoms with van der Waals surface area (Å²) in [6.07, 6.45) is 15.0. The molecule has 1 aromatic heterocycles. The van der Waals surface area contributed by atoms with Gasteiger partial charge in [-0.2, -0.15) is 0 Å². The normalized spacial score (nSPS) is 13.7. The lowest BCUT2D eigenvalue weighted by Gasteiger charge is -2.33. The molecule has 1 aliphatic rings. The van der Waals surface area contributed by atoms with Crippen LogP contribution in [-0.2, 0) is 10.8 Å². The average molecular weight is 544 g/mol. The first-order chi connectivity index (χ1) is 19.9. The third kappa shape index (κ3) is 6.20. The van der Waals surface area contributed by atoms with Gasteiger partial charge in [0.1, 0.15) is 0 Å². The Labute approximate surface area is 249 Å². The lowest BCUT2D eigenvalue weighted by atomic mass is 9.70. The Balaban J connectivity index is 1.49. The number of benzene rings is 3. The van der Waals surface area contributed by atoms with Crippen molar-refractivity contribution >= 4 is 0 Å². The first-order valence-electron chi connectivity index (χ1n) is 16.2. The number of hydrogen-bond donors (Lipinski definition) is 0. The van der Waals surface area contributed by atoms with E-state index in [0.717, 1.165) is 5.69 Å². The molecule has 5 rings (SSSR count). The van der Waals surface area contributed by atoms with Crippen molar-refractivity contribution in [2.24, 2.45) is 0 Å². The van der Waals surface area contributed by atoms with Crippen LogP contribution in [0.15, 0.2) is 85.1 Å². The van der Waals surface area contributed by atoms with E-state index in [1.165, 1.54) is 97.6 Å². The molecule has 0 aliphatic heterocycles. The van der Waals surface area contributed by atoms with Gasteiger partial charge in [0.05, 0.1) is 5.69 Å². The molecule has 4 aromatic rings. The van der Waals surface area contributed by atoms with Gasteiger partial charge in [0.15, 0.2) is 0 Å². The largest absolute Gasteiger partial charge is 0.256 e. The Morgan fingerprint density at radius 2 is 1.20 bits per heavy atom. The number of fused-ring (bicyclic) bond motifs is 3. The van der Waals surface area contributed by atoms with E-state index in [2.05, 4.69) is 120 Å². The van der Waals surface area contributed by atoms with Gasteiger partial charge in [-0.25, -0.2) is 0 Å². The molecule has 1 heterocycles. The first-order valence-corrected chi connectivity index (χ1v) is 16.2. The van der Waals surface area contributed by atoms with Gasteiger partial charge >= 0.3 is 0 Å². The monoisotopic (exact) mass is 543 g/mol. The zero-order valence-corrected chi connectivity index (χ0v) is 26.1. The molecule has 0 saturated carbocycles. The molecule has 1 aliphatic carbocycles. The van der Waals surface area contributed by atoms with Gasteiger partial charge in [-0.15, -0.1) is 0 Å². The van der Waals surface area contributed by atoms with Crippen molar-refractivity contribution in [2.45, 2.75) is 110 Å². The van der Waals surface area contributed by atoms with Crippen LogP contribution in [0.5, 0.6) is 0 Å². The molecule has 3 aromatic carbocycles. The Morgan fingerprint density at radius 3 is 1.80 bits per heavy atom.